The van der Waals surface area contributed by atoms with Crippen LogP contribution in [0.5, 0.6) is 0 Å². The zero-order valence-electron chi connectivity index (χ0n) is 6.55. The Hall–Kier alpha value is -0.0800. The van der Waals surface area contributed by atoms with Crippen molar-refractivity contribution in [3.63, 3.8) is 0 Å². The molecule has 0 spiro atoms. The van der Waals surface area contributed by atoms with E-state index in [-0.39, 0.29) is 6.10 Å². The standard InChI is InChI=1S/C8H16O2/c1-7(9)6-10-8-4-2-3-5-8/h7-9H,2-6H2,1H3. The van der Waals surface area contributed by atoms with Crippen LogP contribution < -0.4 is 0 Å². The minimum Gasteiger partial charge on any atom is -0.391 e. The van der Waals surface area contributed by atoms with E-state index in [1.54, 1.807) is 6.92 Å². The Bertz CT molecular complexity index is 85.3. The minimum atomic E-state index is -0.305. The van der Waals surface area contributed by atoms with Gasteiger partial charge in [0.1, 0.15) is 0 Å². The molecule has 1 rings (SSSR count). The Kier molecular flexibility index (Phi) is 3.16. The summed E-state index contributed by atoms with van der Waals surface area (Å²) in [7, 11) is 0. The van der Waals surface area contributed by atoms with Gasteiger partial charge in [0.05, 0.1) is 18.8 Å². The molecule has 0 aromatic heterocycles. The van der Waals surface area contributed by atoms with E-state index >= 15 is 0 Å². The number of hydrogen-bond acceptors (Lipinski definition) is 2. The molecule has 0 aromatic rings. The summed E-state index contributed by atoms with van der Waals surface area (Å²) in [6.45, 7) is 2.26. The highest BCUT2D eigenvalue weighted by atomic mass is 16.5. The van der Waals surface area contributed by atoms with Gasteiger partial charge in [0.15, 0.2) is 0 Å². The van der Waals surface area contributed by atoms with Gasteiger partial charge in [-0.2, -0.15) is 0 Å². The van der Waals surface area contributed by atoms with Crippen molar-refractivity contribution in [3.8, 4) is 0 Å². The molecule has 1 saturated carbocycles. The van der Waals surface area contributed by atoms with Crippen molar-refractivity contribution < 1.29 is 9.84 Å². The monoisotopic (exact) mass is 144 g/mol. The fourth-order valence-electron chi connectivity index (χ4n) is 1.33. The maximum Gasteiger partial charge on any atom is 0.0745 e. The van der Waals surface area contributed by atoms with Gasteiger partial charge in [0.25, 0.3) is 0 Å². The predicted molar refractivity (Wildman–Crippen MR) is 39.9 cm³/mol. The van der Waals surface area contributed by atoms with Crippen LogP contribution in [-0.4, -0.2) is 23.9 Å². The molecule has 0 radical (unpaired) electrons. The first-order chi connectivity index (χ1) is 4.79. The van der Waals surface area contributed by atoms with Gasteiger partial charge in [0, 0.05) is 0 Å². The Morgan fingerprint density at radius 1 is 1.50 bits per heavy atom. The summed E-state index contributed by atoms with van der Waals surface area (Å²) < 4.78 is 5.41. The minimum absolute atomic E-state index is 0.305. The van der Waals surface area contributed by atoms with Gasteiger partial charge < -0.3 is 9.84 Å². The number of aliphatic hydroxyl groups excluding tert-OH is 1. The molecule has 0 amide bonds. The highest BCUT2D eigenvalue weighted by Crippen LogP contribution is 2.20. The Labute approximate surface area is 62.2 Å². The maximum atomic E-state index is 8.89. The lowest BCUT2D eigenvalue weighted by atomic mass is 10.3. The summed E-state index contributed by atoms with van der Waals surface area (Å²) >= 11 is 0. The third-order valence-electron chi connectivity index (χ3n) is 1.88. The van der Waals surface area contributed by atoms with Crippen molar-refractivity contribution in [1.82, 2.24) is 0 Å². The fraction of sp³-hybridized carbons (Fsp3) is 1.00. The van der Waals surface area contributed by atoms with E-state index in [1.165, 1.54) is 25.7 Å². The van der Waals surface area contributed by atoms with Crippen LogP contribution in [0, 0.1) is 0 Å². The summed E-state index contributed by atoms with van der Waals surface area (Å²) in [5.41, 5.74) is 0. The zero-order valence-corrected chi connectivity index (χ0v) is 6.55. The quantitative estimate of drug-likeness (QED) is 0.647. The van der Waals surface area contributed by atoms with Crippen LogP contribution in [-0.2, 0) is 4.74 Å². The molecule has 1 aliphatic rings. The number of hydrogen-bond donors (Lipinski definition) is 1. The first-order valence-corrected chi connectivity index (χ1v) is 4.08. The molecule has 1 N–H and O–H groups in total. The first kappa shape index (κ1) is 8.02. The van der Waals surface area contributed by atoms with Crippen molar-refractivity contribution in [1.29, 1.82) is 0 Å². The van der Waals surface area contributed by atoms with E-state index in [0.717, 1.165) is 0 Å². The van der Waals surface area contributed by atoms with Crippen LogP contribution >= 0.6 is 0 Å². The van der Waals surface area contributed by atoms with E-state index in [9.17, 15) is 0 Å². The number of aliphatic hydroxyl groups is 1. The molecule has 60 valence electrons. The van der Waals surface area contributed by atoms with Gasteiger partial charge in [-0.25, -0.2) is 0 Å². The number of rotatable bonds is 3. The molecular weight excluding hydrogens is 128 g/mol. The lowest BCUT2D eigenvalue weighted by Crippen LogP contribution is -2.16. The van der Waals surface area contributed by atoms with Gasteiger partial charge in [0.2, 0.25) is 0 Å². The summed E-state index contributed by atoms with van der Waals surface area (Å²) in [4.78, 5) is 0. The molecule has 1 atom stereocenters. The van der Waals surface area contributed by atoms with Crippen LogP contribution in [0.3, 0.4) is 0 Å². The normalized spacial score (nSPS) is 23.4. The first-order valence-electron chi connectivity index (χ1n) is 4.08. The summed E-state index contributed by atoms with van der Waals surface area (Å²) in [5.74, 6) is 0. The fourth-order valence-corrected chi connectivity index (χ4v) is 1.33. The van der Waals surface area contributed by atoms with Crippen molar-refractivity contribution in [3.05, 3.63) is 0 Å². The van der Waals surface area contributed by atoms with Gasteiger partial charge in [-0.05, 0) is 19.8 Å². The molecule has 0 heterocycles. The van der Waals surface area contributed by atoms with E-state index in [2.05, 4.69) is 0 Å². The molecule has 0 bridgehead atoms. The van der Waals surface area contributed by atoms with Crippen molar-refractivity contribution >= 4 is 0 Å². The molecule has 2 nitrogen and oxygen atoms in total. The second-order valence-electron chi connectivity index (χ2n) is 3.09. The molecule has 1 fully saturated rings. The van der Waals surface area contributed by atoms with E-state index in [4.69, 9.17) is 9.84 Å². The van der Waals surface area contributed by atoms with Crippen molar-refractivity contribution in [2.45, 2.75) is 44.8 Å². The Balaban J connectivity index is 2.01. The topological polar surface area (TPSA) is 29.5 Å². The molecule has 10 heavy (non-hydrogen) atoms. The lowest BCUT2D eigenvalue weighted by Gasteiger charge is -2.11. The zero-order chi connectivity index (χ0) is 7.40. The van der Waals surface area contributed by atoms with E-state index in [1.807, 2.05) is 0 Å². The van der Waals surface area contributed by atoms with Gasteiger partial charge in [-0.1, -0.05) is 12.8 Å². The SMILES string of the molecule is CC(O)COC1CCCC1. The molecule has 0 aliphatic heterocycles. The molecule has 2 heteroatoms. The van der Waals surface area contributed by atoms with Crippen molar-refractivity contribution in [2.75, 3.05) is 6.61 Å². The molecule has 0 saturated heterocycles. The predicted octanol–water partition coefficient (Wildman–Crippen LogP) is 1.33. The van der Waals surface area contributed by atoms with Crippen LogP contribution in [0.25, 0.3) is 0 Å². The maximum absolute atomic E-state index is 8.89. The third kappa shape index (κ3) is 2.67. The molecule has 1 unspecified atom stereocenters. The van der Waals surface area contributed by atoms with E-state index in [0.29, 0.717) is 12.7 Å². The smallest absolute Gasteiger partial charge is 0.0745 e. The Morgan fingerprint density at radius 2 is 2.10 bits per heavy atom. The summed E-state index contributed by atoms with van der Waals surface area (Å²) in [6.07, 6.45) is 5.10. The summed E-state index contributed by atoms with van der Waals surface area (Å²) in [6, 6.07) is 0. The van der Waals surface area contributed by atoms with Gasteiger partial charge in [-0.3, -0.25) is 0 Å². The molecule has 0 aromatic carbocycles. The second kappa shape index (κ2) is 3.94. The van der Waals surface area contributed by atoms with Crippen LogP contribution in [0.15, 0.2) is 0 Å². The summed E-state index contributed by atoms with van der Waals surface area (Å²) in [5, 5.41) is 8.89. The Morgan fingerprint density at radius 3 is 2.60 bits per heavy atom. The van der Waals surface area contributed by atoms with Crippen LogP contribution in [0.4, 0.5) is 0 Å². The van der Waals surface area contributed by atoms with Crippen LogP contribution in [0.2, 0.25) is 0 Å². The lowest BCUT2D eigenvalue weighted by molar-refractivity contribution is 0.000788. The van der Waals surface area contributed by atoms with E-state index < -0.39 is 0 Å². The van der Waals surface area contributed by atoms with Gasteiger partial charge in [-0.15, -0.1) is 0 Å². The third-order valence-corrected chi connectivity index (χ3v) is 1.88. The van der Waals surface area contributed by atoms with Crippen molar-refractivity contribution in [2.24, 2.45) is 0 Å². The molecular formula is C8H16O2. The number of ether oxygens (including phenoxy) is 1. The highest BCUT2D eigenvalue weighted by molar-refractivity contribution is 4.66. The van der Waals surface area contributed by atoms with Gasteiger partial charge >= 0.3 is 0 Å². The van der Waals surface area contributed by atoms with Crippen LogP contribution in [0.1, 0.15) is 32.6 Å². The largest absolute Gasteiger partial charge is 0.391 e. The average molecular weight is 144 g/mol. The highest BCUT2D eigenvalue weighted by Gasteiger charge is 2.15. The molecule has 1 aliphatic carbocycles. The second-order valence-corrected chi connectivity index (χ2v) is 3.09. The average Bonchev–Trinajstić information content (AvgIpc) is 2.34.